The van der Waals surface area contributed by atoms with Gasteiger partial charge < -0.3 is 14.2 Å². The third-order valence-electron chi connectivity index (χ3n) is 13.3. The second-order valence-corrected chi connectivity index (χ2v) is 20.9. The van der Waals surface area contributed by atoms with Crippen LogP contribution in [-0.2, 0) is 28.6 Å². The number of rotatable bonds is 57. The number of carbonyl (C=O) groups excluding carboxylic acids is 3. The van der Waals surface area contributed by atoms with E-state index in [1.807, 2.05) is 0 Å². The molecule has 0 aliphatic carbocycles. The molecule has 0 aromatic rings. The molecule has 1 unspecified atom stereocenters. The Morgan fingerprint density at radius 1 is 0.263 bits per heavy atom. The Morgan fingerprint density at radius 3 is 0.812 bits per heavy atom. The number of ether oxygens (including phenoxy) is 3. The Hall–Kier alpha value is -4.97. The van der Waals surface area contributed by atoms with E-state index < -0.39 is 6.10 Å². The number of esters is 3. The first-order valence-corrected chi connectivity index (χ1v) is 32.5. The lowest BCUT2D eigenvalue weighted by atomic mass is 10.0. The molecule has 0 fully saturated rings. The molecule has 0 spiro atoms. The fraction of sp³-hybridized carbons (Fsp3) is 0.608. The highest BCUT2D eigenvalue weighted by molar-refractivity contribution is 5.71. The molecule has 0 saturated carbocycles. The maximum absolute atomic E-state index is 12.9. The fourth-order valence-electron chi connectivity index (χ4n) is 8.49. The van der Waals surface area contributed by atoms with Gasteiger partial charge in [-0.1, -0.05) is 288 Å². The van der Waals surface area contributed by atoms with Gasteiger partial charge >= 0.3 is 17.9 Å². The van der Waals surface area contributed by atoms with E-state index >= 15 is 0 Å². The number of unbranched alkanes of at least 4 members (excludes halogenated alkanes) is 20. The molecule has 6 heteroatoms. The van der Waals surface area contributed by atoms with Gasteiger partial charge in [-0.15, -0.1) is 0 Å². The summed E-state index contributed by atoms with van der Waals surface area (Å²) in [6.07, 6.45) is 96.8. The molecule has 0 aliphatic rings. The number of hydrogen-bond acceptors (Lipinski definition) is 6. The summed E-state index contributed by atoms with van der Waals surface area (Å²) < 4.78 is 16.8. The van der Waals surface area contributed by atoms with Crippen molar-refractivity contribution in [3.63, 3.8) is 0 Å². The Bertz CT molecular complexity index is 1790. The summed E-state index contributed by atoms with van der Waals surface area (Å²) in [5.41, 5.74) is 0. The van der Waals surface area contributed by atoms with Crippen LogP contribution in [-0.4, -0.2) is 37.2 Å². The number of carbonyl (C=O) groups is 3. The average molecular weight is 1100 g/mol. The lowest BCUT2D eigenvalue weighted by molar-refractivity contribution is -0.167. The predicted molar refractivity (Wildman–Crippen MR) is 348 cm³/mol. The summed E-state index contributed by atoms with van der Waals surface area (Å²) in [6, 6.07) is 0. The molecule has 450 valence electrons. The van der Waals surface area contributed by atoms with Crippen molar-refractivity contribution in [2.45, 2.75) is 277 Å². The van der Waals surface area contributed by atoms with Crippen molar-refractivity contribution < 1.29 is 28.6 Å². The van der Waals surface area contributed by atoms with E-state index in [4.69, 9.17) is 14.2 Å². The van der Waals surface area contributed by atoms with Crippen molar-refractivity contribution in [1.29, 1.82) is 0 Å². The summed E-state index contributed by atoms with van der Waals surface area (Å²) in [4.78, 5) is 38.3. The van der Waals surface area contributed by atoms with Crippen LogP contribution in [0.3, 0.4) is 0 Å². The Morgan fingerprint density at radius 2 is 0.500 bits per heavy atom. The van der Waals surface area contributed by atoms with Crippen molar-refractivity contribution in [3.8, 4) is 0 Å². The zero-order valence-corrected chi connectivity index (χ0v) is 51.5. The third-order valence-corrected chi connectivity index (χ3v) is 13.3. The number of allylic oxidation sites excluding steroid dienone is 26. The van der Waals surface area contributed by atoms with Crippen molar-refractivity contribution in [3.05, 3.63) is 158 Å². The topological polar surface area (TPSA) is 78.9 Å². The van der Waals surface area contributed by atoms with E-state index in [0.717, 1.165) is 122 Å². The maximum Gasteiger partial charge on any atom is 0.306 e. The van der Waals surface area contributed by atoms with E-state index in [1.165, 1.54) is 96.3 Å². The van der Waals surface area contributed by atoms with Gasteiger partial charge in [0.2, 0.25) is 0 Å². The van der Waals surface area contributed by atoms with Crippen LogP contribution in [0.15, 0.2) is 158 Å². The van der Waals surface area contributed by atoms with E-state index in [9.17, 15) is 14.4 Å². The minimum absolute atomic E-state index is 0.123. The van der Waals surface area contributed by atoms with Crippen LogP contribution in [0.25, 0.3) is 0 Å². The summed E-state index contributed by atoms with van der Waals surface area (Å²) in [7, 11) is 0. The molecule has 0 saturated heterocycles. The molecule has 0 rings (SSSR count). The van der Waals surface area contributed by atoms with Crippen molar-refractivity contribution in [2.75, 3.05) is 13.2 Å². The molecule has 0 heterocycles. The molecule has 0 amide bonds. The van der Waals surface area contributed by atoms with Gasteiger partial charge in [0, 0.05) is 19.3 Å². The first-order valence-electron chi connectivity index (χ1n) is 32.5. The van der Waals surface area contributed by atoms with Gasteiger partial charge in [0.1, 0.15) is 13.2 Å². The van der Waals surface area contributed by atoms with Crippen LogP contribution in [0.4, 0.5) is 0 Å². The Labute approximate surface area is 492 Å². The highest BCUT2D eigenvalue weighted by Crippen LogP contribution is 2.16. The molecule has 0 aromatic carbocycles. The van der Waals surface area contributed by atoms with Crippen LogP contribution in [0.2, 0.25) is 0 Å². The molecular formula is C74H118O6. The molecule has 0 aromatic heterocycles. The Balaban J connectivity index is 4.53. The Kier molecular flexibility index (Phi) is 62.4. The molecule has 0 radical (unpaired) electrons. The smallest absolute Gasteiger partial charge is 0.306 e. The van der Waals surface area contributed by atoms with E-state index in [0.29, 0.717) is 19.3 Å². The van der Waals surface area contributed by atoms with Gasteiger partial charge in [-0.05, 0) is 122 Å². The van der Waals surface area contributed by atoms with Gasteiger partial charge in [0.15, 0.2) is 6.10 Å². The van der Waals surface area contributed by atoms with Crippen molar-refractivity contribution in [1.82, 2.24) is 0 Å². The minimum atomic E-state index is -0.827. The molecule has 80 heavy (non-hydrogen) atoms. The normalized spacial score (nSPS) is 13.2. The van der Waals surface area contributed by atoms with Crippen LogP contribution in [0.5, 0.6) is 0 Å². The van der Waals surface area contributed by atoms with Crippen LogP contribution >= 0.6 is 0 Å². The molecule has 1 atom stereocenters. The first-order chi connectivity index (χ1) is 39.5. The minimum Gasteiger partial charge on any atom is -0.462 e. The van der Waals surface area contributed by atoms with Crippen molar-refractivity contribution >= 4 is 17.9 Å². The van der Waals surface area contributed by atoms with E-state index in [1.54, 1.807) is 0 Å². The standard InChI is InChI=1S/C74H118O6/c1-4-7-10-13-16-19-22-25-28-31-33-34-35-36-37-38-39-40-41-44-46-49-52-55-58-61-64-67-73(76)79-70-71(69-78-72(75)66-63-60-57-54-51-48-45-42-30-27-24-21-18-15-12-9-6-3)80-74(77)68-65-62-59-56-53-50-47-43-32-29-26-23-20-17-14-11-8-5-2/h7,9-10,12,16,18-19,21,25,27-28,30,33-34,36-37,39-40,44-46,48,52,54-55,57,71H,4-6,8,11,13-15,17,20,22-24,26,29,31-32,35,38,41-43,47,49-51,53,56,58-70H2,1-3H3/b10-7-,12-9-,19-16-,21-18-,28-25-,30-27-,34-33-,37-36-,40-39-,46-44-,48-45-,55-52-,57-54-. The summed E-state index contributed by atoms with van der Waals surface area (Å²) >= 11 is 0. The van der Waals surface area contributed by atoms with Gasteiger partial charge in [-0.3, -0.25) is 14.4 Å². The fourth-order valence-corrected chi connectivity index (χ4v) is 8.49. The monoisotopic (exact) mass is 1100 g/mol. The molecule has 0 N–H and O–H groups in total. The SMILES string of the molecule is CC/C=C\C/C=C\C/C=C\C/C=C\C/C=C\C/C=C\C/C=C\C/C=C\CCCCC(=O)OCC(COC(=O)CCC/C=C\C/C=C\C/C=C\C/C=C\C/C=C\CC)OC(=O)CCCCCCCCCCCCCCCCCCCC. The average Bonchev–Trinajstić information content (AvgIpc) is 3.46. The molecule has 0 aliphatic heterocycles. The molecular weight excluding hydrogens is 985 g/mol. The molecule has 6 nitrogen and oxygen atoms in total. The van der Waals surface area contributed by atoms with Gasteiger partial charge in [-0.2, -0.15) is 0 Å². The largest absolute Gasteiger partial charge is 0.462 e. The number of hydrogen-bond donors (Lipinski definition) is 0. The molecule has 0 bridgehead atoms. The maximum atomic E-state index is 12.9. The van der Waals surface area contributed by atoms with E-state index in [-0.39, 0.29) is 44.0 Å². The van der Waals surface area contributed by atoms with Crippen LogP contribution in [0.1, 0.15) is 271 Å². The van der Waals surface area contributed by atoms with Crippen molar-refractivity contribution in [2.24, 2.45) is 0 Å². The summed E-state index contributed by atoms with van der Waals surface area (Å²) in [6.45, 7) is 6.34. The second kappa shape index (κ2) is 66.5. The summed E-state index contributed by atoms with van der Waals surface area (Å²) in [5.74, 6) is -1.02. The third kappa shape index (κ3) is 63.9. The zero-order chi connectivity index (χ0) is 57.8. The summed E-state index contributed by atoms with van der Waals surface area (Å²) in [5, 5.41) is 0. The predicted octanol–water partition coefficient (Wildman–Crippen LogP) is 22.5. The van der Waals surface area contributed by atoms with Crippen LogP contribution < -0.4 is 0 Å². The highest BCUT2D eigenvalue weighted by Gasteiger charge is 2.19. The van der Waals surface area contributed by atoms with Gasteiger partial charge in [0.05, 0.1) is 0 Å². The second-order valence-electron chi connectivity index (χ2n) is 20.9. The highest BCUT2D eigenvalue weighted by atomic mass is 16.6. The van der Waals surface area contributed by atoms with Gasteiger partial charge in [0.25, 0.3) is 0 Å². The lowest BCUT2D eigenvalue weighted by Crippen LogP contribution is -2.30. The van der Waals surface area contributed by atoms with E-state index in [2.05, 4.69) is 179 Å². The zero-order valence-electron chi connectivity index (χ0n) is 51.5. The quantitative estimate of drug-likeness (QED) is 0.0261. The lowest BCUT2D eigenvalue weighted by Gasteiger charge is -2.18. The first kappa shape index (κ1) is 75.0. The van der Waals surface area contributed by atoms with Gasteiger partial charge in [-0.25, -0.2) is 0 Å². The van der Waals surface area contributed by atoms with Crippen LogP contribution in [0, 0.1) is 0 Å².